The van der Waals surface area contributed by atoms with E-state index in [0.717, 1.165) is 38.7 Å². The molecule has 4 nitrogen and oxygen atoms in total. The van der Waals surface area contributed by atoms with Gasteiger partial charge in [-0.3, -0.25) is 4.57 Å². The highest BCUT2D eigenvalue weighted by Gasteiger charge is 2.26. The van der Waals surface area contributed by atoms with Crippen molar-refractivity contribution >= 4 is 103 Å². The highest BCUT2D eigenvalue weighted by molar-refractivity contribution is 6.36. The quantitative estimate of drug-likeness (QED) is 0.170. The monoisotopic (exact) mass is 684 g/mol. The van der Waals surface area contributed by atoms with Crippen LogP contribution in [0.25, 0.3) is 120 Å². The largest absolute Gasteiger partial charge is 0.308 e. The molecule has 0 unspecified atom stereocenters. The lowest BCUT2D eigenvalue weighted by molar-refractivity contribution is 1.08. The van der Waals surface area contributed by atoms with Crippen molar-refractivity contribution in [2.24, 2.45) is 0 Å². The van der Waals surface area contributed by atoms with Crippen LogP contribution >= 0.6 is 0 Å². The van der Waals surface area contributed by atoms with E-state index < -0.39 is 0 Å². The van der Waals surface area contributed by atoms with Crippen molar-refractivity contribution in [2.75, 3.05) is 0 Å². The molecule has 0 saturated heterocycles. The first-order valence-electron chi connectivity index (χ1n) is 18.5. The molecule has 0 atom stereocenters. The summed E-state index contributed by atoms with van der Waals surface area (Å²) < 4.78 is 4.90. The average molecular weight is 685 g/mol. The lowest BCUT2D eigenvalue weighted by Crippen LogP contribution is -2.03. The summed E-state index contributed by atoms with van der Waals surface area (Å²) in [5.74, 6) is 1.60. The highest BCUT2D eigenvalue weighted by Crippen LogP contribution is 2.47. The van der Waals surface area contributed by atoms with E-state index >= 15 is 0 Å². The Morgan fingerprint density at radius 2 is 0.963 bits per heavy atom. The second-order valence-corrected chi connectivity index (χ2v) is 14.5. The van der Waals surface area contributed by atoms with Gasteiger partial charge in [-0.05, 0) is 80.8 Å². The number of para-hydroxylation sites is 3. The van der Waals surface area contributed by atoms with Gasteiger partial charge in [0, 0.05) is 43.3 Å². The van der Waals surface area contributed by atoms with E-state index in [2.05, 4.69) is 179 Å². The summed E-state index contributed by atoms with van der Waals surface area (Å²) in [5.41, 5.74) is 7.94. The first-order chi connectivity index (χ1) is 26.8. The summed E-state index contributed by atoms with van der Waals surface area (Å²) in [7, 11) is 0. The first kappa shape index (κ1) is 28.3. The fourth-order valence-electron chi connectivity index (χ4n) is 9.52. The van der Waals surface area contributed by atoms with Gasteiger partial charge < -0.3 is 4.40 Å². The van der Waals surface area contributed by atoms with Crippen LogP contribution in [0.1, 0.15) is 0 Å². The minimum absolute atomic E-state index is 0.717. The highest BCUT2D eigenvalue weighted by atomic mass is 15.1. The van der Waals surface area contributed by atoms with E-state index in [1.165, 1.54) is 75.8 Å². The zero-order valence-corrected chi connectivity index (χ0v) is 29.0. The van der Waals surface area contributed by atoms with Crippen LogP contribution in [0.2, 0.25) is 0 Å². The summed E-state index contributed by atoms with van der Waals surface area (Å²) in [5, 5.41) is 15.7. The molecule has 13 rings (SSSR count). The maximum atomic E-state index is 5.64. The maximum Gasteiger partial charge on any atom is 0.162 e. The fourth-order valence-corrected chi connectivity index (χ4v) is 9.52. The number of nitrogens with zero attached hydrogens (tertiary/aromatic N) is 4. The van der Waals surface area contributed by atoms with E-state index in [1.54, 1.807) is 0 Å². The molecule has 0 aliphatic carbocycles. The van der Waals surface area contributed by atoms with E-state index in [4.69, 9.17) is 9.97 Å². The van der Waals surface area contributed by atoms with Crippen LogP contribution < -0.4 is 0 Å². The molecule has 0 bridgehead atoms. The van der Waals surface area contributed by atoms with Crippen LogP contribution in [0.3, 0.4) is 0 Å². The van der Waals surface area contributed by atoms with Crippen LogP contribution in [0, 0.1) is 0 Å². The Labute approximate surface area is 308 Å². The molecular formula is C50H28N4. The SMILES string of the molecule is c1ccc2cc3c(cc2c1)c1c2c4ccccc4n4c5ccccc5c(cc1n3-c1nc(-c3cc5ccccc5c5ccccc35)nc3ccccc13)c24. The molecule has 0 radical (unpaired) electrons. The van der Waals surface area contributed by atoms with Crippen molar-refractivity contribution in [2.45, 2.75) is 0 Å². The van der Waals surface area contributed by atoms with Crippen LogP contribution in [-0.2, 0) is 0 Å². The molecule has 0 fully saturated rings. The number of hydrogen-bond donors (Lipinski definition) is 0. The molecule has 0 saturated carbocycles. The third kappa shape index (κ3) is 3.57. The third-order valence-electron chi connectivity index (χ3n) is 11.8. The minimum Gasteiger partial charge on any atom is -0.308 e. The van der Waals surface area contributed by atoms with Gasteiger partial charge in [-0.15, -0.1) is 0 Å². The Hall–Kier alpha value is -7.30. The summed E-state index contributed by atoms with van der Waals surface area (Å²) in [6, 6.07) is 61.6. The van der Waals surface area contributed by atoms with Crippen molar-refractivity contribution in [3.63, 3.8) is 0 Å². The molecule has 0 spiro atoms. The Bertz CT molecular complexity index is 3740. The first-order valence-corrected chi connectivity index (χ1v) is 18.5. The second-order valence-electron chi connectivity index (χ2n) is 14.5. The molecule has 4 heteroatoms. The summed E-state index contributed by atoms with van der Waals surface area (Å²) in [6.07, 6.45) is 0. The lowest BCUT2D eigenvalue weighted by atomic mass is 9.97. The number of hydrogen-bond acceptors (Lipinski definition) is 2. The molecule has 0 amide bonds. The fraction of sp³-hybridized carbons (Fsp3) is 0. The molecule has 4 heterocycles. The number of fused-ring (bicyclic) bond motifs is 15. The van der Waals surface area contributed by atoms with Gasteiger partial charge in [0.15, 0.2) is 5.82 Å². The van der Waals surface area contributed by atoms with Gasteiger partial charge in [-0.2, -0.15) is 0 Å². The molecule has 54 heavy (non-hydrogen) atoms. The molecule has 13 aromatic rings. The molecule has 0 aliphatic heterocycles. The predicted molar refractivity (Wildman–Crippen MR) is 226 cm³/mol. The van der Waals surface area contributed by atoms with E-state index in [1.807, 2.05) is 0 Å². The molecule has 0 N–H and O–H groups in total. The van der Waals surface area contributed by atoms with Gasteiger partial charge in [-0.1, -0.05) is 121 Å². The summed E-state index contributed by atoms with van der Waals surface area (Å²) in [6.45, 7) is 0. The van der Waals surface area contributed by atoms with Gasteiger partial charge >= 0.3 is 0 Å². The van der Waals surface area contributed by atoms with Gasteiger partial charge in [0.2, 0.25) is 0 Å². The summed E-state index contributed by atoms with van der Waals surface area (Å²) >= 11 is 0. The van der Waals surface area contributed by atoms with Crippen LogP contribution in [-0.4, -0.2) is 18.9 Å². The lowest BCUT2D eigenvalue weighted by Gasteiger charge is -2.15. The van der Waals surface area contributed by atoms with Gasteiger partial charge in [-0.25, -0.2) is 9.97 Å². The van der Waals surface area contributed by atoms with Crippen LogP contribution in [0.15, 0.2) is 170 Å². The topological polar surface area (TPSA) is 35.1 Å². The standard InChI is InChI=1S/C50H28N4/c1-2-14-30-27-44-40(25-29(30)13-1)46-45(28-38-35-19-8-11-23-42(35)53-43-24-12-9-21-37(43)47(46)48(38)53)54(44)50-36-20-7-10-22-41(36)51-49(52-50)39-26-31-15-3-4-16-32(31)33-17-5-6-18-34(33)39/h1-28H. The van der Waals surface area contributed by atoms with Crippen molar-refractivity contribution in [1.29, 1.82) is 0 Å². The molecule has 248 valence electrons. The Morgan fingerprint density at radius 1 is 0.352 bits per heavy atom. The van der Waals surface area contributed by atoms with Crippen molar-refractivity contribution in [3.8, 4) is 17.2 Å². The van der Waals surface area contributed by atoms with Gasteiger partial charge in [0.1, 0.15) is 5.82 Å². The maximum absolute atomic E-state index is 5.64. The van der Waals surface area contributed by atoms with Crippen molar-refractivity contribution in [1.82, 2.24) is 18.9 Å². The third-order valence-corrected chi connectivity index (χ3v) is 11.8. The normalized spacial score (nSPS) is 12.4. The van der Waals surface area contributed by atoms with E-state index in [-0.39, 0.29) is 0 Å². The summed E-state index contributed by atoms with van der Waals surface area (Å²) in [4.78, 5) is 11.0. The zero-order valence-electron chi connectivity index (χ0n) is 29.0. The van der Waals surface area contributed by atoms with Crippen LogP contribution in [0.5, 0.6) is 0 Å². The Kier molecular flexibility index (Phi) is 5.34. The van der Waals surface area contributed by atoms with E-state index in [9.17, 15) is 0 Å². The predicted octanol–water partition coefficient (Wildman–Crippen LogP) is 13.0. The molecule has 9 aromatic carbocycles. The molecular weight excluding hydrogens is 657 g/mol. The number of aromatic nitrogens is 4. The second kappa shape index (κ2) is 10.2. The van der Waals surface area contributed by atoms with Gasteiger partial charge in [0.05, 0.1) is 33.1 Å². The minimum atomic E-state index is 0.717. The van der Waals surface area contributed by atoms with Crippen LogP contribution in [0.4, 0.5) is 0 Å². The van der Waals surface area contributed by atoms with E-state index in [0.29, 0.717) is 5.82 Å². The van der Waals surface area contributed by atoms with Crippen molar-refractivity contribution < 1.29 is 0 Å². The Balaban J connectivity index is 1.26. The molecule has 4 aromatic heterocycles. The molecule has 0 aliphatic rings. The average Bonchev–Trinajstić information content (AvgIpc) is 3.86. The van der Waals surface area contributed by atoms with Gasteiger partial charge in [0.25, 0.3) is 0 Å². The van der Waals surface area contributed by atoms with Crippen molar-refractivity contribution in [3.05, 3.63) is 170 Å². The number of rotatable bonds is 2. The number of benzene rings is 9. The zero-order chi connectivity index (χ0) is 35.1. The smallest absolute Gasteiger partial charge is 0.162 e. The Morgan fingerprint density at radius 3 is 1.78 bits per heavy atom.